The average molecular weight is 146 g/mol. The van der Waals surface area contributed by atoms with Crippen LogP contribution in [0.2, 0.25) is 0 Å². The van der Waals surface area contributed by atoms with Crippen LogP contribution in [0.25, 0.3) is 0 Å². The summed E-state index contributed by atoms with van der Waals surface area (Å²) < 4.78 is 10.4. The van der Waals surface area contributed by atoms with E-state index in [4.69, 9.17) is 14.6 Å². The highest BCUT2D eigenvalue weighted by Gasteiger charge is 2.15. The minimum Gasteiger partial charge on any atom is -0.391 e. The Hall–Kier alpha value is -0.120. The molecule has 0 aromatic rings. The molecule has 1 heterocycles. The van der Waals surface area contributed by atoms with Gasteiger partial charge in [0.25, 0.3) is 0 Å². The van der Waals surface area contributed by atoms with Crippen LogP contribution in [0, 0.1) is 0 Å². The van der Waals surface area contributed by atoms with Gasteiger partial charge in [0.15, 0.2) is 0 Å². The second kappa shape index (κ2) is 3.91. The summed E-state index contributed by atoms with van der Waals surface area (Å²) in [7, 11) is 0. The first-order valence-corrected chi connectivity index (χ1v) is 3.66. The minimum atomic E-state index is -0.361. The molecule has 1 saturated heterocycles. The molecule has 0 aromatic carbocycles. The maximum absolute atomic E-state index is 8.85. The largest absolute Gasteiger partial charge is 0.391 e. The van der Waals surface area contributed by atoms with E-state index in [9.17, 15) is 0 Å². The van der Waals surface area contributed by atoms with Gasteiger partial charge in [-0.15, -0.1) is 0 Å². The maximum Gasteiger partial charge on any atom is 0.0831 e. The summed E-state index contributed by atoms with van der Waals surface area (Å²) in [4.78, 5) is 0. The zero-order chi connectivity index (χ0) is 7.40. The molecule has 0 aromatic heterocycles. The van der Waals surface area contributed by atoms with Crippen molar-refractivity contribution in [3.63, 3.8) is 0 Å². The molecule has 1 aliphatic heterocycles. The lowest BCUT2D eigenvalue weighted by atomic mass is 10.3. The Balaban J connectivity index is 2.01. The van der Waals surface area contributed by atoms with E-state index in [0.29, 0.717) is 13.2 Å². The highest BCUT2D eigenvalue weighted by atomic mass is 16.5. The van der Waals surface area contributed by atoms with Crippen LogP contribution < -0.4 is 0 Å². The summed E-state index contributed by atoms with van der Waals surface area (Å²) in [5.74, 6) is 0. The van der Waals surface area contributed by atoms with Crippen LogP contribution in [0.15, 0.2) is 0 Å². The third-order valence-corrected chi connectivity index (χ3v) is 1.46. The van der Waals surface area contributed by atoms with Crippen molar-refractivity contribution in [3.05, 3.63) is 0 Å². The number of rotatable bonds is 3. The quantitative estimate of drug-likeness (QED) is 0.617. The summed E-state index contributed by atoms with van der Waals surface area (Å²) in [6.45, 7) is 3.63. The normalized spacial score (nSPS) is 28.8. The van der Waals surface area contributed by atoms with E-state index in [0.717, 1.165) is 13.0 Å². The molecule has 10 heavy (non-hydrogen) atoms. The molecule has 2 atom stereocenters. The van der Waals surface area contributed by atoms with E-state index < -0.39 is 0 Å². The van der Waals surface area contributed by atoms with Crippen LogP contribution in [0.5, 0.6) is 0 Å². The maximum atomic E-state index is 8.85. The van der Waals surface area contributed by atoms with Crippen molar-refractivity contribution in [2.45, 2.75) is 25.6 Å². The molecule has 2 unspecified atom stereocenters. The van der Waals surface area contributed by atoms with Gasteiger partial charge in [-0.2, -0.15) is 0 Å². The van der Waals surface area contributed by atoms with Crippen LogP contribution in [0.3, 0.4) is 0 Å². The molecular formula is C7H14O3. The van der Waals surface area contributed by atoms with Gasteiger partial charge in [0.1, 0.15) is 0 Å². The first-order valence-electron chi connectivity index (χ1n) is 3.66. The second-order valence-corrected chi connectivity index (χ2v) is 2.67. The minimum absolute atomic E-state index is 0.217. The third kappa shape index (κ3) is 2.64. The predicted molar refractivity (Wildman–Crippen MR) is 36.9 cm³/mol. The SMILES string of the molecule is CC(O)COC1CCOC1. The summed E-state index contributed by atoms with van der Waals surface area (Å²) >= 11 is 0. The summed E-state index contributed by atoms with van der Waals surface area (Å²) in [5.41, 5.74) is 0. The monoisotopic (exact) mass is 146 g/mol. The Labute approximate surface area is 60.9 Å². The molecule has 0 radical (unpaired) electrons. The van der Waals surface area contributed by atoms with Gasteiger partial charge in [-0.3, -0.25) is 0 Å². The van der Waals surface area contributed by atoms with Gasteiger partial charge in [-0.1, -0.05) is 0 Å². The number of aliphatic hydroxyl groups excluding tert-OH is 1. The first kappa shape index (κ1) is 7.98. The van der Waals surface area contributed by atoms with E-state index in [2.05, 4.69) is 0 Å². The Kier molecular flexibility index (Phi) is 3.12. The fourth-order valence-corrected chi connectivity index (χ4v) is 0.920. The van der Waals surface area contributed by atoms with Crippen molar-refractivity contribution in [3.8, 4) is 0 Å². The molecule has 0 spiro atoms. The van der Waals surface area contributed by atoms with Crippen LogP contribution in [-0.2, 0) is 9.47 Å². The fraction of sp³-hybridized carbons (Fsp3) is 1.00. The van der Waals surface area contributed by atoms with Gasteiger partial charge in [0, 0.05) is 6.61 Å². The number of hydrogen-bond donors (Lipinski definition) is 1. The molecule has 0 bridgehead atoms. The Morgan fingerprint density at radius 3 is 3.10 bits per heavy atom. The summed E-state index contributed by atoms with van der Waals surface area (Å²) in [6, 6.07) is 0. The van der Waals surface area contributed by atoms with E-state index in [1.54, 1.807) is 6.92 Å². The van der Waals surface area contributed by atoms with Crippen molar-refractivity contribution in [1.82, 2.24) is 0 Å². The summed E-state index contributed by atoms with van der Waals surface area (Å²) in [6.07, 6.45) is 0.822. The highest BCUT2D eigenvalue weighted by Crippen LogP contribution is 2.07. The van der Waals surface area contributed by atoms with Crippen molar-refractivity contribution in [1.29, 1.82) is 0 Å². The Morgan fingerprint density at radius 2 is 2.60 bits per heavy atom. The van der Waals surface area contributed by atoms with Crippen molar-refractivity contribution >= 4 is 0 Å². The lowest BCUT2D eigenvalue weighted by Crippen LogP contribution is -2.19. The van der Waals surface area contributed by atoms with Crippen molar-refractivity contribution in [2.75, 3.05) is 19.8 Å². The van der Waals surface area contributed by atoms with Crippen molar-refractivity contribution in [2.24, 2.45) is 0 Å². The van der Waals surface area contributed by atoms with Crippen molar-refractivity contribution < 1.29 is 14.6 Å². The molecule has 60 valence electrons. The molecular weight excluding hydrogens is 132 g/mol. The van der Waals surface area contributed by atoms with Gasteiger partial charge >= 0.3 is 0 Å². The zero-order valence-corrected chi connectivity index (χ0v) is 6.25. The zero-order valence-electron chi connectivity index (χ0n) is 6.25. The molecule has 1 rings (SSSR count). The Morgan fingerprint density at radius 1 is 1.80 bits per heavy atom. The topological polar surface area (TPSA) is 38.7 Å². The van der Waals surface area contributed by atoms with Gasteiger partial charge in [0.05, 0.1) is 25.4 Å². The molecule has 3 nitrogen and oxygen atoms in total. The van der Waals surface area contributed by atoms with E-state index >= 15 is 0 Å². The lowest BCUT2D eigenvalue weighted by molar-refractivity contribution is -0.00602. The Bertz CT molecular complexity index is 86.9. The van der Waals surface area contributed by atoms with Crippen LogP contribution >= 0.6 is 0 Å². The van der Waals surface area contributed by atoms with E-state index in [1.807, 2.05) is 0 Å². The number of aliphatic hydroxyl groups is 1. The van der Waals surface area contributed by atoms with E-state index in [-0.39, 0.29) is 12.2 Å². The number of ether oxygens (including phenoxy) is 2. The lowest BCUT2D eigenvalue weighted by Gasteiger charge is -2.10. The molecule has 0 aliphatic carbocycles. The second-order valence-electron chi connectivity index (χ2n) is 2.67. The molecule has 0 amide bonds. The average Bonchev–Trinajstić information content (AvgIpc) is 2.34. The number of hydrogen-bond acceptors (Lipinski definition) is 3. The fourth-order valence-electron chi connectivity index (χ4n) is 0.920. The molecule has 1 aliphatic rings. The van der Waals surface area contributed by atoms with Crippen LogP contribution in [0.1, 0.15) is 13.3 Å². The highest BCUT2D eigenvalue weighted by molar-refractivity contribution is 4.63. The van der Waals surface area contributed by atoms with Crippen LogP contribution in [-0.4, -0.2) is 37.1 Å². The molecule has 0 saturated carbocycles. The third-order valence-electron chi connectivity index (χ3n) is 1.46. The smallest absolute Gasteiger partial charge is 0.0831 e. The van der Waals surface area contributed by atoms with E-state index in [1.165, 1.54) is 0 Å². The summed E-state index contributed by atoms with van der Waals surface area (Å²) in [5, 5.41) is 8.85. The van der Waals surface area contributed by atoms with Gasteiger partial charge in [-0.05, 0) is 13.3 Å². The molecule has 3 heteroatoms. The first-order chi connectivity index (χ1) is 4.79. The standard InChI is InChI=1S/C7H14O3/c1-6(8)4-10-7-2-3-9-5-7/h6-8H,2-5H2,1H3. The molecule has 1 fully saturated rings. The molecule has 1 N–H and O–H groups in total. The van der Waals surface area contributed by atoms with Gasteiger partial charge < -0.3 is 14.6 Å². The van der Waals surface area contributed by atoms with Gasteiger partial charge in [0.2, 0.25) is 0 Å². The van der Waals surface area contributed by atoms with Crippen LogP contribution in [0.4, 0.5) is 0 Å². The predicted octanol–water partition coefficient (Wildman–Crippen LogP) is 0.173. The van der Waals surface area contributed by atoms with Gasteiger partial charge in [-0.25, -0.2) is 0 Å².